The van der Waals surface area contributed by atoms with Crippen molar-refractivity contribution in [1.29, 1.82) is 0 Å². The lowest BCUT2D eigenvalue weighted by Crippen LogP contribution is -2.32. The van der Waals surface area contributed by atoms with Crippen molar-refractivity contribution in [3.63, 3.8) is 0 Å². The molecule has 1 N–H and O–H groups in total. The zero-order valence-corrected chi connectivity index (χ0v) is 21.5. The summed E-state index contributed by atoms with van der Waals surface area (Å²) in [6.45, 7) is 2.83. The fourth-order valence-corrected chi connectivity index (χ4v) is 4.50. The molecular formula is C29H29N3O6. The topological polar surface area (TPSA) is 103 Å². The highest BCUT2D eigenvalue weighted by Gasteiger charge is 2.37. The number of aryl methyl sites for hydroxylation is 1. The summed E-state index contributed by atoms with van der Waals surface area (Å²) in [5, 5.41) is 3.21. The number of carbonyl (C=O) groups excluding carboxylic acids is 2. The lowest BCUT2D eigenvalue weighted by Gasteiger charge is -2.18. The summed E-state index contributed by atoms with van der Waals surface area (Å²) in [5.41, 5.74) is 4.60. The van der Waals surface area contributed by atoms with E-state index in [1.807, 2.05) is 49.4 Å². The third-order valence-corrected chi connectivity index (χ3v) is 6.63. The van der Waals surface area contributed by atoms with E-state index in [2.05, 4.69) is 10.3 Å². The first-order valence-electron chi connectivity index (χ1n) is 12.3. The Labute approximate surface area is 220 Å². The molecule has 0 bridgehead atoms. The zero-order chi connectivity index (χ0) is 26.6. The van der Waals surface area contributed by atoms with E-state index in [4.69, 9.17) is 18.6 Å². The van der Waals surface area contributed by atoms with Crippen LogP contribution in [-0.2, 0) is 20.7 Å². The number of methoxy groups -OCH3 is 2. The first-order chi connectivity index (χ1) is 18.4. The number of hydrogen-bond acceptors (Lipinski definition) is 8. The summed E-state index contributed by atoms with van der Waals surface area (Å²) in [6, 6.07) is 20.6. The van der Waals surface area contributed by atoms with Crippen LogP contribution in [0, 0.1) is 6.92 Å². The van der Waals surface area contributed by atoms with Crippen LogP contribution >= 0.6 is 0 Å². The number of likely N-dealkylation sites (tertiary alicyclic amines) is 1. The second-order valence-corrected chi connectivity index (χ2v) is 9.18. The smallest absolute Gasteiger partial charge is 0.337 e. The van der Waals surface area contributed by atoms with E-state index >= 15 is 0 Å². The Kier molecular flexibility index (Phi) is 7.28. The van der Waals surface area contributed by atoms with Crippen molar-refractivity contribution < 1.29 is 28.2 Å². The standard InChI is InChI=1S/C29H29N3O6/c1-18-6-4-5-7-22(18)30-29-31-23-13-8-19(14-24(23)38-29)15-27(33)32-16-25(35-2)26(17-32)37-21-11-9-20(10-12-21)28(34)36-3/h4-14,25-26H,15-17H2,1-3H3,(H,30,31)/t25-,26+/m1/s1. The fourth-order valence-electron chi connectivity index (χ4n) is 4.50. The number of ether oxygens (including phenoxy) is 3. The van der Waals surface area contributed by atoms with Gasteiger partial charge in [-0.05, 0) is 60.5 Å². The molecule has 9 heteroatoms. The number of esters is 1. The summed E-state index contributed by atoms with van der Waals surface area (Å²) < 4.78 is 22.3. The first-order valence-corrected chi connectivity index (χ1v) is 12.3. The van der Waals surface area contributed by atoms with Crippen molar-refractivity contribution in [3.05, 3.63) is 83.4 Å². The Morgan fingerprint density at radius 1 is 1.03 bits per heavy atom. The minimum absolute atomic E-state index is 0.0312. The van der Waals surface area contributed by atoms with Gasteiger partial charge in [0.25, 0.3) is 6.01 Å². The molecule has 1 saturated heterocycles. The predicted octanol–water partition coefficient (Wildman–Crippen LogP) is 4.51. The third-order valence-electron chi connectivity index (χ3n) is 6.63. The van der Waals surface area contributed by atoms with Gasteiger partial charge in [-0.1, -0.05) is 24.3 Å². The molecule has 0 spiro atoms. The maximum atomic E-state index is 13.2. The number of amides is 1. The third kappa shape index (κ3) is 5.47. The van der Waals surface area contributed by atoms with Crippen LogP contribution in [0.4, 0.5) is 11.7 Å². The molecular weight excluding hydrogens is 486 g/mol. The molecule has 3 aromatic carbocycles. The van der Waals surface area contributed by atoms with Crippen LogP contribution in [0.2, 0.25) is 0 Å². The average Bonchev–Trinajstić information content (AvgIpc) is 3.53. The highest BCUT2D eigenvalue weighted by atomic mass is 16.5. The number of para-hydroxylation sites is 1. The van der Waals surface area contributed by atoms with Gasteiger partial charge in [-0.2, -0.15) is 4.98 Å². The number of benzene rings is 3. The quantitative estimate of drug-likeness (QED) is 0.342. The molecule has 0 aliphatic carbocycles. The summed E-state index contributed by atoms with van der Waals surface area (Å²) in [6.07, 6.45) is -0.389. The fraction of sp³-hybridized carbons (Fsp3) is 0.276. The molecule has 9 nitrogen and oxygen atoms in total. The second-order valence-electron chi connectivity index (χ2n) is 9.18. The Hall–Kier alpha value is -4.37. The van der Waals surface area contributed by atoms with Gasteiger partial charge in [0, 0.05) is 12.8 Å². The molecule has 196 valence electrons. The van der Waals surface area contributed by atoms with E-state index < -0.39 is 5.97 Å². The maximum absolute atomic E-state index is 13.2. The van der Waals surface area contributed by atoms with Crippen LogP contribution in [0.5, 0.6) is 5.75 Å². The number of fused-ring (bicyclic) bond motifs is 1. The summed E-state index contributed by atoms with van der Waals surface area (Å²) in [4.78, 5) is 31.1. The number of aromatic nitrogens is 1. The van der Waals surface area contributed by atoms with Crippen LogP contribution in [-0.4, -0.2) is 61.3 Å². The Balaban J connectivity index is 1.22. The first kappa shape index (κ1) is 25.3. The van der Waals surface area contributed by atoms with Crippen molar-refractivity contribution >= 4 is 34.7 Å². The van der Waals surface area contributed by atoms with Crippen LogP contribution in [0.25, 0.3) is 11.1 Å². The van der Waals surface area contributed by atoms with Gasteiger partial charge >= 0.3 is 5.97 Å². The van der Waals surface area contributed by atoms with E-state index in [9.17, 15) is 9.59 Å². The normalized spacial score (nSPS) is 17.0. The highest BCUT2D eigenvalue weighted by molar-refractivity contribution is 5.89. The van der Waals surface area contributed by atoms with E-state index in [1.54, 1.807) is 36.3 Å². The largest absolute Gasteiger partial charge is 0.486 e. The van der Waals surface area contributed by atoms with Crippen LogP contribution in [0.1, 0.15) is 21.5 Å². The van der Waals surface area contributed by atoms with Crippen molar-refractivity contribution in [2.24, 2.45) is 0 Å². The minimum Gasteiger partial charge on any atom is -0.486 e. The number of nitrogens with zero attached hydrogens (tertiary/aromatic N) is 2. The van der Waals surface area contributed by atoms with Gasteiger partial charge in [0.05, 0.1) is 32.2 Å². The van der Waals surface area contributed by atoms with Crippen molar-refractivity contribution in [2.45, 2.75) is 25.6 Å². The molecule has 1 amide bonds. The summed E-state index contributed by atoms with van der Waals surface area (Å²) >= 11 is 0. The monoisotopic (exact) mass is 515 g/mol. The predicted molar refractivity (Wildman–Crippen MR) is 142 cm³/mol. The molecule has 4 aromatic rings. The number of nitrogens with one attached hydrogen (secondary N) is 1. The average molecular weight is 516 g/mol. The van der Waals surface area contributed by atoms with Gasteiger partial charge in [-0.25, -0.2) is 4.79 Å². The van der Waals surface area contributed by atoms with Crippen molar-refractivity contribution in [3.8, 4) is 5.75 Å². The van der Waals surface area contributed by atoms with E-state index in [0.29, 0.717) is 41.5 Å². The van der Waals surface area contributed by atoms with Crippen LogP contribution in [0.15, 0.2) is 71.1 Å². The van der Waals surface area contributed by atoms with Gasteiger partial charge in [-0.3, -0.25) is 4.79 Å². The number of hydrogen-bond donors (Lipinski definition) is 1. The van der Waals surface area contributed by atoms with Gasteiger partial charge in [-0.15, -0.1) is 0 Å². The zero-order valence-electron chi connectivity index (χ0n) is 21.5. The number of rotatable bonds is 8. The van der Waals surface area contributed by atoms with Gasteiger partial charge in [0.15, 0.2) is 5.58 Å². The van der Waals surface area contributed by atoms with E-state index in [0.717, 1.165) is 16.8 Å². The van der Waals surface area contributed by atoms with Crippen LogP contribution in [0.3, 0.4) is 0 Å². The molecule has 38 heavy (non-hydrogen) atoms. The van der Waals surface area contributed by atoms with Gasteiger partial charge < -0.3 is 28.8 Å². The van der Waals surface area contributed by atoms with Gasteiger partial charge in [0.2, 0.25) is 5.91 Å². The van der Waals surface area contributed by atoms with Crippen molar-refractivity contribution in [1.82, 2.24) is 9.88 Å². The maximum Gasteiger partial charge on any atom is 0.337 e. The lowest BCUT2D eigenvalue weighted by molar-refractivity contribution is -0.130. The summed E-state index contributed by atoms with van der Waals surface area (Å²) in [7, 11) is 2.95. The number of anilines is 2. The molecule has 1 fully saturated rings. The molecule has 0 saturated carbocycles. The molecule has 1 aromatic heterocycles. The molecule has 1 aliphatic rings. The molecule has 1 aliphatic heterocycles. The molecule has 5 rings (SSSR count). The summed E-state index contributed by atoms with van der Waals surface area (Å²) in [5.74, 6) is 0.146. The van der Waals surface area contributed by atoms with E-state index in [1.165, 1.54) is 7.11 Å². The second kappa shape index (κ2) is 10.9. The Morgan fingerprint density at radius 2 is 1.79 bits per heavy atom. The van der Waals surface area contributed by atoms with E-state index in [-0.39, 0.29) is 24.5 Å². The molecule has 2 heterocycles. The number of carbonyl (C=O) groups is 2. The molecule has 0 radical (unpaired) electrons. The minimum atomic E-state index is -0.411. The SMILES string of the molecule is COC(=O)c1ccc(O[C@H]2CN(C(=O)Cc3ccc4nc(Nc5ccccc5C)oc4c3)C[C@H]2OC)cc1. The highest BCUT2D eigenvalue weighted by Crippen LogP contribution is 2.26. The molecule has 0 unspecified atom stereocenters. The Morgan fingerprint density at radius 3 is 2.53 bits per heavy atom. The van der Waals surface area contributed by atoms with Crippen molar-refractivity contribution in [2.75, 3.05) is 32.6 Å². The Bertz CT molecular complexity index is 1450. The lowest BCUT2D eigenvalue weighted by atomic mass is 10.1. The molecule has 2 atom stereocenters. The van der Waals surface area contributed by atoms with Crippen LogP contribution < -0.4 is 10.1 Å². The number of oxazole rings is 1. The van der Waals surface area contributed by atoms with Gasteiger partial charge in [0.1, 0.15) is 23.5 Å².